The first-order chi connectivity index (χ1) is 6.86. The first kappa shape index (κ1) is 9.91. The predicted molar refractivity (Wildman–Crippen MR) is 57.4 cm³/mol. The molecule has 14 heavy (non-hydrogen) atoms. The van der Waals surface area contributed by atoms with Crippen molar-refractivity contribution >= 4 is 6.08 Å². The fourth-order valence-corrected chi connectivity index (χ4v) is 0.952. The molecule has 0 N–H and O–H groups in total. The Kier molecular flexibility index (Phi) is 3.87. The van der Waals surface area contributed by atoms with Crippen LogP contribution >= 0.6 is 0 Å². The van der Waals surface area contributed by atoms with E-state index in [4.69, 9.17) is 5.53 Å². The van der Waals surface area contributed by atoms with Crippen molar-refractivity contribution in [3.8, 4) is 11.8 Å². The van der Waals surface area contributed by atoms with E-state index in [2.05, 4.69) is 28.4 Å². The fraction of sp³-hybridized carbons (Fsp3) is 0.0909. The van der Waals surface area contributed by atoms with Crippen molar-refractivity contribution in [1.29, 1.82) is 0 Å². The van der Waals surface area contributed by atoms with Crippen LogP contribution in [-0.4, -0.2) is 6.54 Å². The molecule has 0 radical (unpaired) electrons. The monoisotopic (exact) mass is 183 g/mol. The molecule has 1 rings (SSSR count). The van der Waals surface area contributed by atoms with E-state index in [9.17, 15) is 0 Å². The standard InChI is InChI=1S/C11H9N3/c1-2-10-5-3-6-11(9-10)7-4-8-13-14-12/h2-3,5-6,9H,1,8H2. The van der Waals surface area contributed by atoms with E-state index in [0.717, 1.165) is 11.1 Å². The summed E-state index contributed by atoms with van der Waals surface area (Å²) in [6.07, 6.45) is 1.76. The maximum absolute atomic E-state index is 8.02. The van der Waals surface area contributed by atoms with Gasteiger partial charge in [0.1, 0.15) is 0 Å². The Labute approximate surface area is 82.7 Å². The summed E-state index contributed by atoms with van der Waals surface area (Å²) in [7, 11) is 0. The van der Waals surface area contributed by atoms with Gasteiger partial charge in [0.25, 0.3) is 0 Å². The molecule has 0 atom stereocenters. The second-order valence-corrected chi connectivity index (χ2v) is 2.52. The molecule has 3 nitrogen and oxygen atoms in total. The molecule has 0 spiro atoms. The van der Waals surface area contributed by atoms with E-state index in [1.807, 2.05) is 24.3 Å². The number of azide groups is 1. The molecular formula is C11H9N3. The van der Waals surface area contributed by atoms with E-state index in [1.54, 1.807) is 6.08 Å². The molecule has 0 saturated heterocycles. The van der Waals surface area contributed by atoms with Crippen LogP contribution in [0.25, 0.3) is 16.5 Å². The molecule has 0 saturated carbocycles. The Bertz CT molecular complexity index is 431. The van der Waals surface area contributed by atoms with E-state index in [-0.39, 0.29) is 6.54 Å². The lowest BCUT2D eigenvalue weighted by atomic mass is 10.1. The third-order valence-electron chi connectivity index (χ3n) is 1.57. The topological polar surface area (TPSA) is 48.8 Å². The number of hydrogen-bond acceptors (Lipinski definition) is 1. The van der Waals surface area contributed by atoms with Crippen molar-refractivity contribution in [2.45, 2.75) is 0 Å². The molecule has 0 fully saturated rings. The summed E-state index contributed by atoms with van der Waals surface area (Å²) in [4.78, 5) is 2.61. The van der Waals surface area contributed by atoms with E-state index in [0.29, 0.717) is 0 Å². The van der Waals surface area contributed by atoms with Crippen LogP contribution in [0.2, 0.25) is 0 Å². The Balaban J connectivity index is 2.78. The zero-order chi connectivity index (χ0) is 10.2. The zero-order valence-electron chi connectivity index (χ0n) is 7.64. The van der Waals surface area contributed by atoms with Crippen molar-refractivity contribution in [2.75, 3.05) is 6.54 Å². The molecule has 1 aromatic carbocycles. The van der Waals surface area contributed by atoms with Gasteiger partial charge in [-0.1, -0.05) is 41.7 Å². The van der Waals surface area contributed by atoms with Crippen LogP contribution < -0.4 is 0 Å². The van der Waals surface area contributed by atoms with Gasteiger partial charge in [0, 0.05) is 10.5 Å². The highest BCUT2D eigenvalue weighted by atomic mass is 15.1. The summed E-state index contributed by atoms with van der Waals surface area (Å²) in [6.45, 7) is 3.87. The summed E-state index contributed by atoms with van der Waals surface area (Å²) >= 11 is 0. The molecule has 0 aromatic heterocycles. The van der Waals surface area contributed by atoms with Crippen LogP contribution in [0.15, 0.2) is 36.0 Å². The highest BCUT2D eigenvalue weighted by molar-refractivity contribution is 5.51. The van der Waals surface area contributed by atoms with Gasteiger partial charge in [0.05, 0.1) is 6.54 Å². The van der Waals surface area contributed by atoms with Crippen LogP contribution in [0.5, 0.6) is 0 Å². The summed E-state index contributed by atoms with van der Waals surface area (Å²) in [5.41, 5.74) is 9.95. The molecule has 68 valence electrons. The van der Waals surface area contributed by atoms with Gasteiger partial charge >= 0.3 is 0 Å². The molecule has 1 aromatic rings. The fourth-order valence-electron chi connectivity index (χ4n) is 0.952. The maximum atomic E-state index is 8.02. The summed E-state index contributed by atoms with van der Waals surface area (Å²) < 4.78 is 0. The Morgan fingerprint density at radius 2 is 2.43 bits per heavy atom. The van der Waals surface area contributed by atoms with Crippen LogP contribution in [-0.2, 0) is 0 Å². The molecule has 0 amide bonds. The molecular weight excluding hydrogens is 174 g/mol. The van der Waals surface area contributed by atoms with Crippen LogP contribution in [0, 0.1) is 11.8 Å². The normalized spacial score (nSPS) is 8.00. The Morgan fingerprint density at radius 1 is 1.57 bits per heavy atom. The summed E-state index contributed by atoms with van der Waals surface area (Å²) in [5, 5.41) is 3.32. The molecule has 3 heteroatoms. The first-order valence-electron chi connectivity index (χ1n) is 4.09. The van der Waals surface area contributed by atoms with Crippen molar-refractivity contribution in [3.05, 3.63) is 52.4 Å². The molecule has 0 aliphatic rings. The highest BCUT2D eigenvalue weighted by Gasteiger charge is 1.87. The van der Waals surface area contributed by atoms with E-state index < -0.39 is 0 Å². The van der Waals surface area contributed by atoms with E-state index in [1.165, 1.54) is 0 Å². The quantitative estimate of drug-likeness (QED) is 0.293. The van der Waals surface area contributed by atoms with Crippen molar-refractivity contribution in [1.82, 2.24) is 0 Å². The Hall–Kier alpha value is -2.17. The van der Waals surface area contributed by atoms with Crippen LogP contribution in [0.1, 0.15) is 11.1 Å². The smallest absolute Gasteiger partial charge is 0.0880 e. The van der Waals surface area contributed by atoms with Crippen molar-refractivity contribution in [2.24, 2.45) is 5.11 Å². The average molecular weight is 183 g/mol. The molecule has 0 heterocycles. The maximum Gasteiger partial charge on any atom is 0.0880 e. The largest absolute Gasteiger partial charge is 0.0985 e. The van der Waals surface area contributed by atoms with E-state index >= 15 is 0 Å². The minimum atomic E-state index is 0.203. The van der Waals surface area contributed by atoms with Crippen molar-refractivity contribution in [3.63, 3.8) is 0 Å². The number of benzene rings is 1. The molecule has 0 aliphatic carbocycles. The van der Waals surface area contributed by atoms with Gasteiger partial charge in [0.2, 0.25) is 0 Å². The summed E-state index contributed by atoms with van der Waals surface area (Å²) in [6, 6.07) is 7.69. The second kappa shape index (κ2) is 5.47. The lowest BCUT2D eigenvalue weighted by Crippen LogP contribution is -1.77. The molecule has 0 unspecified atom stereocenters. The zero-order valence-corrected chi connectivity index (χ0v) is 7.64. The predicted octanol–water partition coefficient (Wildman–Crippen LogP) is 2.99. The lowest BCUT2D eigenvalue weighted by molar-refractivity contribution is 1.25. The van der Waals surface area contributed by atoms with Gasteiger partial charge in [-0.25, -0.2) is 0 Å². The van der Waals surface area contributed by atoms with Gasteiger partial charge in [-0.2, -0.15) is 0 Å². The van der Waals surface area contributed by atoms with Crippen molar-refractivity contribution < 1.29 is 0 Å². The Morgan fingerprint density at radius 3 is 3.14 bits per heavy atom. The SMILES string of the molecule is C=Cc1cccc(C#CCN=[N+]=[N-])c1. The van der Waals surface area contributed by atoms with Gasteiger partial charge in [-0.3, -0.25) is 0 Å². The van der Waals surface area contributed by atoms with Gasteiger partial charge in [-0.05, 0) is 23.2 Å². The molecule has 0 bridgehead atoms. The number of nitrogens with zero attached hydrogens (tertiary/aromatic N) is 3. The average Bonchev–Trinajstić information content (AvgIpc) is 2.25. The third-order valence-corrected chi connectivity index (χ3v) is 1.57. The molecule has 0 aliphatic heterocycles. The minimum absolute atomic E-state index is 0.203. The number of hydrogen-bond donors (Lipinski definition) is 0. The van der Waals surface area contributed by atoms with Crippen LogP contribution in [0.3, 0.4) is 0 Å². The van der Waals surface area contributed by atoms with Gasteiger partial charge in [-0.15, -0.1) is 0 Å². The highest BCUT2D eigenvalue weighted by Crippen LogP contribution is 2.04. The van der Waals surface area contributed by atoms with Gasteiger partial charge in [0.15, 0.2) is 0 Å². The second-order valence-electron chi connectivity index (χ2n) is 2.52. The minimum Gasteiger partial charge on any atom is -0.0985 e. The summed E-state index contributed by atoms with van der Waals surface area (Å²) in [5.74, 6) is 5.64. The first-order valence-corrected chi connectivity index (χ1v) is 4.09. The number of rotatable bonds is 2. The van der Waals surface area contributed by atoms with Crippen LogP contribution in [0.4, 0.5) is 0 Å². The lowest BCUT2D eigenvalue weighted by Gasteiger charge is -1.92. The third kappa shape index (κ3) is 3.06. The van der Waals surface area contributed by atoms with Gasteiger partial charge < -0.3 is 0 Å².